The molecule has 0 aliphatic heterocycles. The Morgan fingerprint density at radius 1 is 0.923 bits per heavy atom. The summed E-state index contributed by atoms with van der Waals surface area (Å²) in [6, 6.07) is 11.5. The lowest BCUT2D eigenvalue weighted by Gasteiger charge is -2.32. The fourth-order valence-electron chi connectivity index (χ4n) is 4.83. The Hall–Kier alpha value is -4.47. The Morgan fingerprint density at radius 2 is 1.62 bits per heavy atom. The standard InChI is InChI=1S/C29H32N2O8/c1-35-23-16-19(17-24(36-2)26(23)37-3)25(27(32)30-20-10-5-6-11-20)31(28(33)22-13-8-14-39-22)21-12-7-9-18(15-21)29(34)38-4/h7-9,12-17,20,25H,5-6,10-11H2,1-4H3,(H,30,32)/t25-/m1/s1. The Morgan fingerprint density at radius 3 is 2.18 bits per heavy atom. The van der Waals surface area contributed by atoms with Crippen molar-refractivity contribution >= 4 is 23.5 Å². The summed E-state index contributed by atoms with van der Waals surface area (Å²) in [4.78, 5) is 41.7. The topological polar surface area (TPSA) is 117 Å². The second-order valence-corrected chi connectivity index (χ2v) is 9.05. The third-order valence-corrected chi connectivity index (χ3v) is 6.71. The van der Waals surface area contributed by atoms with Gasteiger partial charge in [-0.3, -0.25) is 14.5 Å². The summed E-state index contributed by atoms with van der Waals surface area (Å²) >= 11 is 0. The van der Waals surface area contributed by atoms with Crippen LogP contribution in [0.5, 0.6) is 17.2 Å². The summed E-state index contributed by atoms with van der Waals surface area (Å²) in [5.41, 5.74) is 0.912. The summed E-state index contributed by atoms with van der Waals surface area (Å²) in [6.45, 7) is 0. The van der Waals surface area contributed by atoms with Crippen LogP contribution in [0, 0.1) is 0 Å². The van der Waals surface area contributed by atoms with Crippen molar-refractivity contribution in [3.8, 4) is 17.2 Å². The number of rotatable bonds is 10. The van der Waals surface area contributed by atoms with Gasteiger partial charge in [-0.25, -0.2) is 4.79 Å². The highest BCUT2D eigenvalue weighted by Gasteiger charge is 2.37. The number of ether oxygens (including phenoxy) is 4. The molecule has 39 heavy (non-hydrogen) atoms. The Bertz CT molecular complexity index is 1290. The van der Waals surface area contributed by atoms with Crippen LogP contribution in [-0.4, -0.2) is 52.3 Å². The maximum atomic E-state index is 14.1. The summed E-state index contributed by atoms with van der Waals surface area (Å²) in [5, 5.41) is 3.11. The van der Waals surface area contributed by atoms with Crippen molar-refractivity contribution < 1.29 is 37.7 Å². The van der Waals surface area contributed by atoms with Crippen molar-refractivity contribution in [3.05, 3.63) is 71.7 Å². The molecule has 1 heterocycles. The van der Waals surface area contributed by atoms with Gasteiger partial charge in [-0.15, -0.1) is 0 Å². The third kappa shape index (κ3) is 5.84. The summed E-state index contributed by atoms with van der Waals surface area (Å²) in [6.07, 6.45) is 5.09. The first-order valence-electron chi connectivity index (χ1n) is 12.6. The molecule has 1 atom stereocenters. The van der Waals surface area contributed by atoms with Gasteiger partial charge in [0.25, 0.3) is 5.91 Å². The van der Waals surface area contributed by atoms with Crippen LogP contribution in [0.2, 0.25) is 0 Å². The smallest absolute Gasteiger partial charge is 0.337 e. The van der Waals surface area contributed by atoms with Gasteiger partial charge in [-0.2, -0.15) is 0 Å². The molecule has 10 nitrogen and oxygen atoms in total. The van der Waals surface area contributed by atoms with Crippen LogP contribution in [0.25, 0.3) is 0 Å². The maximum Gasteiger partial charge on any atom is 0.337 e. The molecule has 0 unspecified atom stereocenters. The summed E-state index contributed by atoms with van der Waals surface area (Å²) < 4.78 is 26.9. The SMILES string of the molecule is COC(=O)c1cccc(N(C(=O)c2ccco2)[C@@H](C(=O)NC2CCCC2)c2cc(OC)c(OC)c(OC)c2)c1. The number of furan rings is 1. The van der Waals surface area contributed by atoms with E-state index in [1.807, 2.05) is 0 Å². The molecule has 1 saturated carbocycles. The number of methoxy groups -OCH3 is 4. The second kappa shape index (κ2) is 12.4. The highest BCUT2D eigenvalue weighted by Crippen LogP contribution is 2.42. The van der Waals surface area contributed by atoms with E-state index in [9.17, 15) is 14.4 Å². The van der Waals surface area contributed by atoms with Crippen LogP contribution in [0.3, 0.4) is 0 Å². The average molecular weight is 537 g/mol. The number of anilines is 1. The van der Waals surface area contributed by atoms with Crippen LogP contribution in [0.1, 0.15) is 58.2 Å². The number of nitrogens with one attached hydrogen (secondary N) is 1. The number of benzene rings is 2. The summed E-state index contributed by atoms with van der Waals surface area (Å²) in [7, 11) is 5.70. The fourth-order valence-corrected chi connectivity index (χ4v) is 4.83. The minimum absolute atomic E-state index is 0.0181. The molecule has 1 aromatic heterocycles. The van der Waals surface area contributed by atoms with E-state index >= 15 is 0 Å². The van der Waals surface area contributed by atoms with Gasteiger partial charge in [0.2, 0.25) is 11.7 Å². The second-order valence-electron chi connectivity index (χ2n) is 9.05. The van der Waals surface area contributed by atoms with Crippen LogP contribution in [0.4, 0.5) is 5.69 Å². The van der Waals surface area contributed by atoms with E-state index < -0.39 is 23.8 Å². The van der Waals surface area contributed by atoms with Gasteiger partial charge < -0.3 is 28.7 Å². The van der Waals surface area contributed by atoms with Crippen molar-refractivity contribution in [2.75, 3.05) is 33.3 Å². The molecule has 0 spiro atoms. The average Bonchev–Trinajstić information content (AvgIpc) is 3.69. The van der Waals surface area contributed by atoms with E-state index in [0.717, 1.165) is 25.7 Å². The Balaban J connectivity index is 1.93. The maximum absolute atomic E-state index is 14.1. The molecule has 1 aliphatic carbocycles. The molecule has 1 N–H and O–H groups in total. The van der Waals surface area contributed by atoms with Gasteiger partial charge in [0.05, 0.1) is 40.3 Å². The molecule has 206 valence electrons. The molecule has 1 aliphatic rings. The van der Waals surface area contributed by atoms with Crippen molar-refractivity contribution in [2.45, 2.75) is 37.8 Å². The van der Waals surface area contributed by atoms with Crippen molar-refractivity contribution in [2.24, 2.45) is 0 Å². The van der Waals surface area contributed by atoms with E-state index in [4.69, 9.17) is 23.4 Å². The predicted molar refractivity (Wildman–Crippen MR) is 143 cm³/mol. The van der Waals surface area contributed by atoms with Gasteiger partial charge in [0.15, 0.2) is 17.3 Å². The zero-order valence-electron chi connectivity index (χ0n) is 22.4. The first-order chi connectivity index (χ1) is 18.9. The Labute approximate surface area is 226 Å². The number of hydrogen-bond donors (Lipinski definition) is 1. The fraction of sp³-hybridized carbons (Fsp3) is 0.345. The van der Waals surface area contributed by atoms with Gasteiger partial charge in [-0.1, -0.05) is 18.9 Å². The molecule has 0 bridgehead atoms. The van der Waals surface area contributed by atoms with E-state index in [2.05, 4.69) is 5.32 Å². The van der Waals surface area contributed by atoms with E-state index in [1.165, 1.54) is 51.7 Å². The number of hydrogen-bond acceptors (Lipinski definition) is 8. The van der Waals surface area contributed by atoms with Gasteiger partial charge in [0.1, 0.15) is 6.04 Å². The van der Waals surface area contributed by atoms with Gasteiger partial charge in [-0.05, 0) is 60.9 Å². The molecule has 0 saturated heterocycles. The number of amides is 2. The zero-order valence-corrected chi connectivity index (χ0v) is 22.4. The van der Waals surface area contributed by atoms with Crippen LogP contribution >= 0.6 is 0 Å². The zero-order chi connectivity index (χ0) is 27.9. The minimum atomic E-state index is -1.19. The predicted octanol–water partition coefficient (Wildman–Crippen LogP) is 4.54. The highest BCUT2D eigenvalue weighted by atomic mass is 16.5. The normalized spacial score (nSPS) is 13.8. The van der Waals surface area contributed by atoms with E-state index in [1.54, 1.807) is 36.4 Å². The van der Waals surface area contributed by atoms with E-state index in [0.29, 0.717) is 28.5 Å². The number of carbonyl (C=O) groups excluding carboxylic acids is 3. The largest absolute Gasteiger partial charge is 0.493 e. The van der Waals surface area contributed by atoms with Crippen LogP contribution < -0.4 is 24.4 Å². The lowest BCUT2D eigenvalue weighted by molar-refractivity contribution is -0.123. The molecule has 10 heteroatoms. The summed E-state index contributed by atoms with van der Waals surface area (Å²) in [5.74, 6) is -0.567. The van der Waals surface area contributed by atoms with Crippen LogP contribution in [-0.2, 0) is 9.53 Å². The Kier molecular flexibility index (Phi) is 8.75. The molecule has 0 radical (unpaired) electrons. The lowest BCUT2D eigenvalue weighted by Crippen LogP contribution is -2.46. The lowest BCUT2D eigenvalue weighted by atomic mass is 10.00. The van der Waals surface area contributed by atoms with Crippen molar-refractivity contribution in [1.82, 2.24) is 5.32 Å². The van der Waals surface area contributed by atoms with Crippen molar-refractivity contribution in [1.29, 1.82) is 0 Å². The third-order valence-electron chi connectivity index (χ3n) is 6.71. The highest BCUT2D eigenvalue weighted by molar-refractivity contribution is 6.09. The molecule has 3 aromatic rings. The van der Waals surface area contributed by atoms with E-state index in [-0.39, 0.29) is 17.4 Å². The number of carbonyl (C=O) groups is 3. The first-order valence-corrected chi connectivity index (χ1v) is 12.6. The monoisotopic (exact) mass is 536 g/mol. The quantitative estimate of drug-likeness (QED) is 0.376. The van der Waals surface area contributed by atoms with Crippen molar-refractivity contribution in [3.63, 3.8) is 0 Å². The molecule has 2 aromatic carbocycles. The minimum Gasteiger partial charge on any atom is -0.493 e. The molecule has 4 rings (SSSR count). The first kappa shape index (κ1) is 27.6. The van der Waals surface area contributed by atoms with Gasteiger partial charge >= 0.3 is 5.97 Å². The molecule has 2 amide bonds. The molecular weight excluding hydrogens is 504 g/mol. The number of esters is 1. The van der Waals surface area contributed by atoms with Crippen LogP contribution in [0.15, 0.2) is 59.2 Å². The molecule has 1 fully saturated rings. The van der Waals surface area contributed by atoms with Gasteiger partial charge in [0, 0.05) is 11.7 Å². The molecular formula is C29H32N2O8. The number of nitrogens with zero attached hydrogens (tertiary/aromatic N) is 1.